The number of nitrogens with zero attached hydrogens (tertiary/aromatic N) is 1. The molecule has 1 aromatic carbocycles. The summed E-state index contributed by atoms with van der Waals surface area (Å²) in [5, 5.41) is 32.6. The molecule has 0 aliphatic carbocycles. The SMILES string of the molecule is CC(c1cc2ccccc2s1)[N+]([O-])([O-])C(=O)NO. The van der Waals surface area contributed by atoms with Crippen molar-refractivity contribution in [2.75, 3.05) is 0 Å². The maximum atomic E-state index is 11.6. The molecule has 1 heterocycles. The third-order valence-electron chi connectivity index (χ3n) is 2.74. The van der Waals surface area contributed by atoms with Crippen molar-refractivity contribution in [3.05, 3.63) is 45.6 Å². The van der Waals surface area contributed by atoms with Crippen LogP contribution in [0.15, 0.2) is 30.3 Å². The second kappa shape index (κ2) is 4.63. The molecule has 0 spiro atoms. The molecule has 1 atom stereocenters. The molecule has 0 bridgehead atoms. The van der Waals surface area contributed by atoms with Gasteiger partial charge in [0, 0.05) is 4.70 Å². The maximum Gasteiger partial charge on any atom is 0.440 e. The normalized spacial score (nSPS) is 13.6. The second-order valence-electron chi connectivity index (χ2n) is 3.88. The fraction of sp³-hybridized carbons (Fsp3) is 0.182. The molecule has 2 aromatic rings. The number of carbonyl (C=O) groups excluding carboxylic acids is 1. The minimum atomic E-state index is -2.44. The summed E-state index contributed by atoms with van der Waals surface area (Å²) in [5.74, 6) is 0. The lowest BCUT2D eigenvalue weighted by Crippen LogP contribution is -2.48. The van der Waals surface area contributed by atoms with Crippen LogP contribution in [0.4, 0.5) is 4.79 Å². The van der Waals surface area contributed by atoms with Crippen LogP contribution in [0.3, 0.4) is 0 Å². The summed E-state index contributed by atoms with van der Waals surface area (Å²) < 4.78 is 0.934. The van der Waals surface area contributed by atoms with Gasteiger partial charge in [-0.3, -0.25) is 5.21 Å². The molecule has 0 radical (unpaired) electrons. The van der Waals surface area contributed by atoms with Gasteiger partial charge in [0.15, 0.2) is 0 Å². The number of fused-ring (bicyclic) bond motifs is 1. The number of thiophene rings is 1. The second-order valence-corrected chi connectivity index (χ2v) is 4.99. The van der Waals surface area contributed by atoms with Gasteiger partial charge in [0.1, 0.15) is 6.04 Å². The van der Waals surface area contributed by atoms with Gasteiger partial charge < -0.3 is 15.2 Å². The molecule has 6 nitrogen and oxygen atoms in total. The van der Waals surface area contributed by atoms with Crippen LogP contribution in [-0.4, -0.2) is 16.0 Å². The van der Waals surface area contributed by atoms with Gasteiger partial charge in [0.05, 0.1) is 4.88 Å². The van der Waals surface area contributed by atoms with Crippen LogP contribution < -0.4 is 5.48 Å². The first-order valence-electron chi connectivity index (χ1n) is 5.20. The van der Waals surface area contributed by atoms with Gasteiger partial charge in [0.25, 0.3) is 0 Å². The van der Waals surface area contributed by atoms with Crippen molar-refractivity contribution >= 4 is 27.5 Å². The molecule has 1 aromatic heterocycles. The average Bonchev–Trinajstić information content (AvgIpc) is 2.80. The lowest BCUT2D eigenvalue weighted by Gasteiger charge is -2.46. The van der Waals surface area contributed by atoms with E-state index in [2.05, 4.69) is 0 Å². The van der Waals surface area contributed by atoms with Crippen molar-refractivity contribution < 1.29 is 14.8 Å². The Hall–Kier alpha value is -1.51. The van der Waals surface area contributed by atoms with E-state index in [0.29, 0.717) is 4.88 Å². The van der Waals surface area contributed by atoms with E-state index >= 15 is 0 Å². The summed E-state index contributed by atoms with van der Waals surface area (Å²) in [4.78, 5) is 9.12. The molecular formula is C11H11N2O4S-. The third-order valence-corrected chi connectivity index (χ3v) is 4.03. The zero-order chi connectivity index (χ0) is 13.3. The maximum absolute atomic E-state index is 11.6. The minimum absolute atomic E-state index is 0.504. The molecule has 0 aliphatic heterocycles. The molecule has 0 aliphatic rings. The monoisotopic (exact) mass is 267 g/mol. The molecule has 96 valence electrons. The summed E-state index contributed by atoms with van der Waals surface area (Å²) in [7, 11) is 0. The summed E-state index contributed by atoms with van der Waals surface area (Å²) >= 11 is 1.28. The first kappa shape index (κ1) is 12.9. The van der Waals surface area contributed by atoms with Crippen molar-refractivity contribution in [3.8, 4) is 0 Å². The van der Waals surface area contributed by atoms with Gasteiger partial charge >= 0.3 is 6.03 Å². The van der Waals surface area contributed by atoms with Crippen LogP contribution in [0.25, 0.3) is 10.1 Å². The van der Waals surface area contributed by atoms with E-state index in [4.69, 9.17) is 5.21 Å². The number of benzene rings is 1. The molecule has 0 saturated heterocycles. The van der Waals surface area contributed by atoms with Gasteiger partial charge in [-0.25, -0.2) is 4.79 Å². The summed E-state index contributed by atoms with van der Waals surface area (Å²) in [5.41, 5.74) is 1.10. The number of carbonyl (C=O) groups is 1. The molecule has 2 amide bonds. The number of quaternary nitrogens is 1. The Balaban J connectivity index is 2.39. The fourth-order valence-corrected chi connectivity index (χ4v) is 2.76. The number of hydrogen-bond acceptors (Lipinski definition) is 5. The predicted octanol–water partition coefficient (Wildman–Crippen LogP) is 2.87. The Morgan fingerprint density at radius 2 is 2.11 bits per heavy atom. The van der Waals surface area contributed by atoms with E-state index in [9.17, 15) is 15.2 Å². The number of hydroxylamine groups is 5. The van der Waals surface area contributed by atoms with Gasteiger partial charge in [0.2, 0.25) is 0 Å². The van der Waals surface area contributed by atoms with Gasteiger partial charge in [-0.05, 0) is 24.4 Å². The van der Waals surface area contributed by atoms with Crippen LogP contribution in [0.2, 0.25) is 0 Å². The molecule has 0 saturated carbocycles. The zero-order valence-corrected chi connectivity index (χ0v) is 10.3. The summed E-state index contributed by atoms with van der Waals surface area (Å²) in [6, 6.07) is 6.47. The standard InChI is InChI=1S/C11H11N2O4S/c1-7(13(16,17)11(14)12-15)10-6-8-4-2-3-5-9(8)18-10/h2-7,15H,1H3,(H,12,14)/q-1. The van der Waals surface area contributed by atoms with Crippen LogP contribution in [-0.2, 0) is 0 Å². The Labute approximate surface area is 107 Å². The number of amides is 2. The number of urea groups is 1. The first-order chi connectivity index (χ1) is 8.46. The minimum Gasteiger partial charge on any atom is -0.622 e. The predicted molar refractivity (Wildman–Crippen MR) is 67.6 cm³/mol. The van der Waals surface area contributed by atoms with E-state index in [1.54, 1.807) is 6.07 Å². The highest BCUT2D eigenvalue weighted by atomic mass is 32.1. The van der Waals surface area contributed by atoms with Crippen molar-refractivity contribution in [3.63, 3.8) is 0 Å². The summed E-state index contributed by atoms with van der Waals surface area (Å²) in [6.07, 6.45) is 0. The third kappa shape index (κ3) is 2.09. The lowest BCUT2D eigenvalue weighted by molar-refractivity contribution is -0.780. The average molecular weight is 267 g/mol. The van der Waals surface area contributed by atoms with Crippen LogP contribution in [0, 0.1) is 10.4 Å². The Kier molecular flexibility index (Phi) is 3.33. The van der Waals surface area contributed by atoms with Gasteiger partial charge in [-0.2, -0.15) is 5.48 Å². The number of rotatable bonds is 2. The van der Waals surface area contributed by atoms with E-state index in [1.165, 1.54) is 18.3 Å². The molecule has 2 rings (SSSR count). The first-order valence-corrected chi connectivity index (χ1v) is 6.02. The van der Waals surface area contributed by atoms with E-state index < -0.39 is 16.9 Å². The van der Waals surface area contributed by atoms with Crippen molar-refractivity contribution in [2.24, 2.45) is 0 Å². The van der Waals surface area contributed by atoms with Crippen molar-refractivity contribution in [1.29, 1.82) is 0 Å². The Morgan fingerprint density at radius 3 is 2.72 bits per heavy atom. The smallest absolute Gasteiger partial charge is 0.440 e. The van der Waals surface area contributed by atoms with Crippen LogP contribution in [0.5, 0.6) is 0 Å². The lowest BCUT2D eigenvalue weighted by atomic mass is 10.2. The molecule has 0 fully saturated rings. The topological polar surface area (TPSA) is 95.5 Å². The largest absolute Gasteiger partial charge is 0.622 e. The highest BCUT2D eigenvalue weighted by Gasteiger charge is 2.27. The summed E-state index contributed by atoms with van der Waals surface area (Å²) in [6.45, 7) is 1.36. The fourth-order valence-electron chi connectivity index (χ4n) is 1.62. The van der Waals surface area contributed by atoms with Gasteiger partial charge in [-0.15, -0.1) is 11.3 Å². The van der Waals surface area contributed by atoms with E-state index in [1.807, 2.05) is 24.3 Å². The van der Waals surface area contributed by atoms with E-state index in [-0.39, 0.29) is 0 Å². The molecule has 18 heavy (non-hydrogen) atoms. The highest BCUT2D eigenvalue weighted by molar-refractivity contribution is 7.19. The Bertz CT molecular complexity index is 548. The number of hydrogen-bond donors (Lipinski definition) is 2. The quantitative estimate of drug-likeness (QED) is 0.496. The molecule has 7 heteroatoms. The molecule has 1 unspecified atom stereocenters. The van der Waals surface area contributed by atoms with Crippen molar-refractivity contribution in [2.45, 2.75) is 13.0 Å². The van der Waals surface area contributed by atoms with Crippen LogP contribution >= 0.6 is 11.3 Å². The van der Waals surface area contributed by atoms with Crippen LogP contribution in [0.1, 0.15) is 17.8 Å². The van der Waals surface area contributed by atoms with Crippen molar-refractivity contribution in [1.82, 2.24) is 5.48 Å². The molecule has 2 N–H and O–H groups in total. The molecular weight excluding hydrogens is 256 g/mol. The zero-order valence-electron chi connectivity index (χ0n) is 9.49. The van der Waals surface area contributed by atoms with E-state index in [0.717, 1.165) is 15.6 Å². The Morgan fingerprint density at radius 1 is 1.44 bits per heavy atom. The highest BCUT2D eigenvalue weighted by Crippen LogP contribution is 2.35. The van der Waals surface area contributed by atoms with Gasteiger partial charge in [-0.1, -0.05) is 18.2 Å². The number of nitrogens with one attached hydrogen (secondary N) is 1.